The molecule has 148 valence electrons. The van der Waals surface area contributed by atoms with Crippen molar-refractivity contribution in [3.63, 3.8) is 0 Å². The van der Waals surface area contributed by atoms with Crippen LogP contribution in [0.4, 0.5) is 0 Å². The molecule has 0 fully saturated rings. The van der Waals surface area contributed by atoms with Crippen LogP contribution in [0.1, 0.15) is 5.69 Å². The van der Waals surface area contributed by atoms with Crippen LogP contribution in [0.3, 0.4) is 0 Å². The van der Waals surface area contributed by atoms with Gasteiger partial charge in [0.05, 0.1) is 30.4 Å². The quantitative estimate of drug-likeness (QED) is 0.453. The highest BCUT2D eigenvalue weighted by atomic mass is 35.5. The minimum absolute atomic E-state index is 0.444. The van der Waals surface area contributed by atoms with Crippen molar-refractivity contribution >= 4 is 22.5 Å². The Hall–Kier alpha value is -3.71. The van der Waals surface area contributed by atoms with Gasteiger partial charge in [-0.05, 0) is 30.3 Å². The fraction of sp³-hybridized carbons (Fsp3) is 0.0909. The Bertz CT molecular complexity index is 1330. The van der Waals surface area contributed by atoms with Crippen LogP contribution in [-0.4, -0.2) is 36.8 Å². The molecule has 5 rings (SSSR count). The van der Waals surface area contributed by atoms with Crippen molar-refractivity contribution in [2.24, 2.45) is 0 Å². The number of aromatic nitrogens is 6. The summed E-state index contributed by atoms with van der Waals surface area (Å²) in [4.78, 5) is 16.8. The zero-order valence-electron chi connectivity index (χ0n) is 16.1. The number of methoxy groups -OCH3 is 1. The lowest BCUT2D eigenvalue weighted by Crippen LogP contribution is -2.06. The van der Waals surface area contributed by atoms with Gasteiger partial charge >= 0.3 is 0 Å². The Morgan fingerprint density at radius 1 is 1.07 bits per heavy atom. The van der Waals surface area contributed by atoms with Gasteiger partial charge in [0.15, 0.2) is 11.6 Å². The molecule has 8 heteroatoms. The molecule has 7 nitrogen and oxygen atoms in total. The van der Waals surface area contributed by atoms with Crippen LogP contribution in [0.5, 0.6) is 5.75 Å². The zero-order chi connectivity index (χ0) is 20.5. The second-order valence-electron chi connectivity index (χ2n) is 6.69. The number of halogens is 1. The van der Waals surface area contributed by atoms with Crippen molar-refractivity contribution in [3.8, 4) is 28.8 Å². The van der Waals surface area contributed by atoms with E-state index in [0.717, 1.165) is 22.2 Å². The Morgan fingerprint density at radius 3 is 2.80 bits per heavy atom. The number of nitrogens with one attached hydrogen (secondary N) is 1. The van der Waals surface area contributed by atoms with Crippen LogP contribution in [0, 0.1) is 0 Å². The summed E-state index contributed by atoms with van der Waals surface area (Å²) in [7, 11) is 1.61. The van der Waals surface area contributed by atoms with Crippen LogP contribution in [-0.2, 0) is 6.54 Å². The lowest BCUT2D eigenvalue weighted by molar-refractivity contribution is 0.416. The Morgan fingerprint density at radius 2 is 1.97 bits per heavy atom. The van der Waals surface area contributed by atoms with E-state index in [0.29, 0.717) is 34.8 Å². The van der Waals surface area contributed by atoms with Gasteiger partial charge in [-0.3, -0.25) is 4.98 Å². The molecule has 0 bridgehead atoms. The molecule has 3 aromatic heterocycles. The molecule has 3 heterocycles. The SMILES string of the molecule is COc1cc(Cl)ccc1-c1nc(-c2ncc[nH]2)nn1Cc1ccc2ccccc2n1. The smallest absolute Gasteiger partial charge is 0.217 e. The molecule has 30 heavy (non-hydrogen) atoms. The number of nitrogens with zero attached hydrogens (tertiary/aromatic N) is 5. The van der Waals surface area contributed by atoms with E-state index in [-0.39, 0.29) is 0 Å². The molecule has 0 atom stereocenters. The van der Waals surface area contributed by atoms with Crippen LogP contribution < -0.4 is 4.74 Å². The Labute approximate surface area is 177 Å². The van der Waals surface area contributed by atoms with Gasteiger partial charge in [-0.2, -0.15) is 0 Å². The number of rotatable bonds is 5. The van der Waals surface area contributed by atoms with E-state index in [9.17, 15) is 0 Å². The van der Waals surface area contributed by atoms with Crippen molar-refractivity contribution in [1.82, 2.24) is 29.7 Å². The fourth-order valence-electron chi connectivity index (χ4n) is 3.34. The maximum absolute atomic E-state index is 6.15. The highest BCUT2D eigenvalue weighted by Gasteiger charge is 2.19. The molecule has 0 aliphatic heterocycles. The number of aromatic amines is 1. The number of benzene rings is 2. The molecule has 1 N–H and O–H groups in total. The van der Waals surface area contributed by atoms with Crippen LogP contribution in [0.25, 0.3) is 33.9 Å². The van der Waals surface area contributed by atoms with E-state index < -0.39 is 0 Å². The van der Waals surface area contributed by atoms with Crippen LogP contribution in [0.15, 0.2) is 67.0 Å². The molecule has 0 amide bonds. The van der Waals surface area contributed by atoms with Gasteiger partial charge in [-0.25, -0.2) is 14.6 Å². The van der Waals surface area contributed by atoms with Crippen LogP contribution in [0.2, 0.25) is 5.02 Å². The van der Waals surface area contributed by atoms with Crippen molar-refractivity contribution in [2.45, 2.75) is 6.54 Å². The van der Waals surface area contributed by atoms with E-state index >= 15 is 0 Å². The molecule has 0 saturated heterocycles. The normalized spacial score (nSPS) is 11.1. The van der Waals surface area contributed by atoms with Crippen molar-refractivity contribution in [2.75, 3.05) is 7.11 Å². The lowest BCUT2D eigenvalue weighted by Gasteiger charge is -2.10. The fourth-order valence-corrected chi connectivity index (χ4v) is 3.50. The van der Waals surface area contributed by atoms with Crippen molar-refractivity contribution in [3.05, 3.63) is 77.7 Å². The summed E-state index contributed by atoms with van der Waals surface area (Å²) in [6.07, 6.45) is 3.41. The maximum atomic E-state index is 6.15. The second kappa shape index (κ2) is 7.61. The summed E-state index contributed by atoms with van der Waals surface area (Å²) in [5.41, 5.74) is 2.60. The number of ether oxygens (including phenoxy) is 1. The standard InChI is InChI=1S/C22H17ClN6O/c1-30-19-12-15(23)7-9-17(19)22-27-21(20-24-10-11-25-20)28-29(22)13-16-8-6-14-4-2-3-5-18(14)26-16/h2-12H,13H2,1H3,(H,24,25). The first-order chi connectivity index (χ1) is 14.7. The van der Waals surface area contributed by atoms with Gasteiger partial charge in [0.2, 0.25) is 5.82 Å². The molecule has 0 saturated carbocycles. The first-order valence-electron chi connectivity index (χ1n) is 9.34. The first-order valence-corrected chi connectivity index (χ1v) is 9.72. The Balaban J connectivity index is 1.62. The predicted octanol–water partition coefficient (Wildman–Crippen LogP) is 4.59. The Kier molecular flexibility index (Phi) is 4.65. The number of hydrogen-bond acceptors (Lipinski definition) is 5. The highest BCUT2D eigenvalue weighted by Crippen LogP contribution is 2.32. The van der Waals surface area contributed by atoms with E-state index in [2.05, 4.69) is 21.1 Å². The van der Waals surface area contributed by atoms with Crippen LogP contribution >= 0.6 is 11.6 Å². The average Bonchev–Trinajstić information content (AvgIpc) is 3.44. The molecule has 5 aromatic rings. The van der Waals surface area contributed by atoms with Gasteiger partial charge in [-0.15, -0.1) is 5.10 Å². The molecule has 0 aliphatic rings. The summed E-state index contributed by atoms with van der Waals surface area (Å²) in [5.74, 6) is 2.35. The third-order valence-corrected chi connectivity index (χ3v) is 4.99. The summed E-state index contributed by atoms with van der Waals surface area (Å²) in [6.45, 7) is 0.444. The number of hydrogen-bond donors (Lipinski definition) is 1. The molecule has 2 aromatic carbocycles. The molecular weight excluding hydrogens is 400 g/mol. The first kappa shape index (κ1) is 18.3. The minimum Gasteiger partial charge on any atom is -0.496 e. The average molecular weight is 417 g/mol. The van der Waals surface area contributed by atoms with Crippen molar-refractivity contribution in [1.29, 1.82) is 0 Å². The van der Waals surface area contributed by atoms with E-state index in [4.69, 9.17) is 26.3 Å². The zero-order valence-corrected chi connectivity index (χ0v) is 16.8. The molecule has 0 radical (unpaired) electrons. The molecule has 0 spiro atoms. The van der Waals surface area contributed by atoms with Gasteiger partial charge in [-0.1, -0.05) is 35.9 Å². The van der Waals surface area contributed by atoms with Gasteiger partial charge in [0.25, 0.3) is 0 Å². The monoisotopic (exact) mass is 416 g/mol. The molecule has 0 unspecified atom stereocenters. The number of fused-ring (bicyclic) bond motifs is 1. The second-order valence-corrected chi connectivity index (χ2v) is 7.13. The summed E-state index contributed by atoms with van der Waals surface area (Å²) < 4.78 is 7.35. The summed E-state index contributed by atoms with van der Waals surface area (Å²) >= 11 is 6.15. The number of para-hydroxylation sites is 1. The van der Waals surface area contributed by atoms with Gasteiger partial charge < -0.3 is 9.72 Å². The largest absolute Gasteiger partial charge is 0.496 e. The number of pyridine rings is 1. The third-order valence-electron chi connectivity index (χ3n) is 4.75. The number of H-pyrrole nitrogens is 1. The molecular formula is C22H17ClN6O. The predicted molar refractivity (Wildman–Crippen MR) is 115 cm³/mol. The topological polar surface area (TPSA) is 81.5 Å². The van der Waals surface area contributed by atoms with E-state index in [1.807, 2.05) is 36.4 Å². The van der Waals surface area contributed by atoms with Gasteiger partial charge in [0.1, 0.15) is 5.75 Å². The minimum atomic E-state index is 0.444. The maximum Gasteiger partial charge on any atom is 0.217 e. The molecule has 0 aliphatic carbocycles. The van der Waals surface area contributed by atoms with E-state index in [1.165, 1.54) is 0 Å². The third kappa shape index (κ3) is 3.40. The summed E-state index contributed by atoms with van der Waals surface area (Å²) in [5, 5.41) is 6.37. The van der Waals surface area contributed by atoms with Gasteiger partial charge in [0, 0.05) is 22.8 Å². The number of imidazole rings is 1. The van der Waals surface area contributed by atoms with E-state index in [1.54, 1.807) is 36.3 Å². The highest BCUT2D eigenvalue weighted by molar-refractivity contribution is 6.30. The summed E-state index contributed by atoms with van der Waals surface area (Å²) in [6, 6.07) is 17.5. The lowest BCUT2D eigenvalue weighted by atomic mass is 10.2. The van der Waals surface area contributed by atoms with Crippen molar-refractivity contribution < 1.29 is 4.74 Å².